The molecule has 2 amide bonds. The molecule has 6 heteroatoms. The van der Waals surface area contributed by atoms with Gasteiger partial charge >= 0.3 is 0 Å². The molecule has 0 spiro atoms. The van der Waals surface area contributed by atoms with E-state index in [0.717, 1.165) is 0 Å². The van der Waals surface area contributed by atoms with E-state index in [9.17, 15) is 14.0 Å². The number of amides is 2. The predicted octanol–water partition coefficient (Wildman–Crippen LogP) is 3.26. The van der Waals surface area contributed by atoms with Crippen LogP contribution in [-0.4, -0.2) is 29.8 Å². The molecule has 0 saturated carbocycles. The highest BCUT2D eigenvalue weighted by molar-refractivity contribution is 6.33. The van der Waals surface area contributed by atoms with E-state index in [-0.39, 0.29) is 37.3 Å². The van der Waals surface area contributed by atoms with Gasteiger partial charge in [-0.25, -0.2) is 4.39 Å². The Labute approximate surface area is 145 Å². The van der Waals surface area contributed by atoms with Gasteiger partial charge in [0, 0.05) is 32.1 Å². The van der Waals surface area contributed by atoms with Crippen LogP contribution in [0.15, 0.2) is 48.5 Å². The van der Waals surface area contributed by atoms with Crippen LogP contribution in [-0.2, 0) is 11.3 Å². The van der Waals surface area contributed by atoms with Gasteiger partial charge in [0.15, 0.2) is 0 Å². The number of rotatable bonds is 6. The maximum absolute atomic E-state index is 13.7. The van der Waals surface area contributed by atoms with Crippen LogP contribution in [0.2, 0.25) is 5.02 Å². The zero-order chi connectivity index (χ0) is 17.5. The van der Waals surface area contributed by atoms with E-state index in [1.54, 1.807) is 42.5 Å². The lowest BCUT2D eigenvalue weighted by Crippen LogP contribution is -2.37. The van der Waals surface area contributed by atoms with Gasteiger partial charge in [0.1, 0.15) is 5.82 Å². The fourth-order valence-corrected chi connectivity index (χ4v) is 2.45. The van der Waals surface area contributed by atoms with Crippen molar-refractivity contribution in [3.8, 4) is 0 Å². The van der Waals surface area contributed by atoms with E-state index in [0.29, 0.717) is 16.1 Å². The summed E-state index contributed by atoms with van der Waals surface area (Å²) in [6.45, 7) is 2.10. The second-order valence-corrected chi connectivity index (χ2v) is 5.67. The Morgan fingerprint density at radius 1 is 1.12 bits per heavy atom. The summed E-state index contributed by atoms with van der Waals surface area (Å²) in [4.78, 5) is 25.3. The third-order valence-electron chi connectivity index (χ3n) is 3.55. The van der Waals surface area contributed by atoms with Gasteiger partial charge in [0.2, 0.25) is 5.91 Å². The zero-order valence-corrected chi connectivity index (χ0v) is 14.0. The Hall–Kier alpha value is -2.40. The molecule has 4 nitrogen and oxygen atoms in total. The standard InChI is InChI=1S/C18H18ClFN2O2/c1-13(23)22(12-14-6-2-5-9-17(14)20)11-10-21-18(24)15-7-3-4-8-16(15)19/h2-9H,10-12H2,1H3,(H,21,24). The Bertz CT molecular complexity index is 736. The highest BCUT2D eigenvalue weighted by atomic mass is 35.5. The average Bonchev–Trinajstić information content (AvgIpc) is 2.55. The van der Waals surface area contributed by atoms with Crippen molar-refractivity contribution < 1.29 is 14.0 Å². The molecule has 0 saturated heterocycles. The molecule has 0 heterocycles. The van der Waals surface area contributed by atoms with E-state index < -0.39 is 0 Å². The second-order valence-electron chi connectivity index (χ2n) is 5.27. The van der Waals surface area contributed by atoms with Crippen molar-refractivity contribution in [1.82, 2.24) is 10.2 Å². The summed E-state index contributed by atoms with van der Waals surface area (Å²) in [5, 5.41) is 3.08. The zero-order valence-electron chi connectivity index (χ0n) is 13.3. The molecule has 126 valence electrons. The van der Waals surface area contributed by atoms with Crippen LogP contribution in [0.5, 0.6) is 0 Å². The summed E-state index contributed by atoms with van der Waals surface area (Å²) in [5.74, 6) is -0.857. The maximum Gasteiger partial charge on any atom is 0.252 e. The molecule has 0 radical (unpaired) electrons. The van der Waals surface area contributed by atoms with Gasteiger partial charge in [0.05, 0.1) is 10.6 Å². The molecule has 0 aromatic heterocycles. The molecule has 0 bridgehead atoms. The number of halogens is 2. The molecule has 2 rings (SSSR count). The van der Waals surface area contributed by atoms with Crippen molar-refractivity contribution in [2.75, 3.05) is 13.1 Å². The van der Waals surface area contributed by atoms with Crippen molar-refractivity contribution in [2.45, 2.75) is 13.5 Å². The molecular formula is C18H18ClFN2O2. The predicted molar refractivity (Wildman–Crippen MR) is 91.3 cm³/mol. The number of hydrogen-bond acceptors (Lipinski definition) is 2. The van der Waals surface area contributed by atoms with Gasteiger partial charge in [-0.3, -0.25) is 9.59 Å². The van der Waals surface area contributed by atoms with Gasteiger partial charge in [-0.15, -0.1) is 0 Å². The lowest BCUT2D eigenvalue weighted by Gasteiger charge is -2.21. The molecule has 0 fully saturated rings. The molecule has 0 aliphatic rings. The highest BCUT2D eigenvalue weighted by Crippen LogP contribution is 2.14. The van der Waals surface area contributed by atoms with Gasteiger partial charge in [-0.1, -0.05) is 41.9 Å². The first-order valence-corrected chi connectivity index (χ1v) is 7.88. The van der Waals surface area contributed by atoms with E-state index in [2.05, 4.69) is 5.32 Å². The van der Waals surface area contributed by atoms with Gasteiger partial charge in [0.25, 0.3) is 5.91 Å². The van der Waals surface area contributed by atoms with Crippen LogP contribution in [0.4, 0.5) is 4.39 Å². The molecule has 2 aromatic rings. The topological polar surface area (TPSA) is 49.4 Å². The van der Waals surface area contributed by atoms with Gasteiger partial charge in [-0.2, -0.15) is 0 Å². The van der Waals surface area contributed by atoms with Crippen LogP contribution >= 0.6 is 11.6 Å². The van der Waals surface area contributed by atoms with Crippen LogP contribution in [0.1, 0.15) is 22.8 Å². The SMILES string of the molecule is CC(=O)N(CCNC(=O)c1ccccc1Cl)Cc1ccccc1F. The lowest BCUT2D eigenvalue weighted by molar-refractivity contribution is -0.129. The number of benzene rings is 2. The molecule has 2 aromatic carbocycles. The Kier molecular flexibility index (Phi) is 6.32. The van der Waals surface area contributed by atoms with E-state index >= 15 is 0 Å². The minimum Gasteiger partial charge on any atom is -0.350 e. The average molecular weight is 349 g/mol. The first kappa shape index (κ1) is 17.9. The fraction of sp³-hybridized carbons (Fsp3) is 0.222. The normalized spacial score (nSPS) is 10.3. The number of carbonyl (C=O) groups excluding carboxylic acids is 2. The molecule has 0 atom stereocenters. The Balaban J connectivity index is 1.93. The molecule has 0 unspecified atom stereocenters. The summed E-state index contributed by atoms with van der Waals surface area (Å²) in [6.07, 6.45) is 0. The summed E-state index contributed by atoms with van der Waals surface area (Å²) >= 11 is 5.97. The van der Waals surface area contributed by atoms with Crippen LogP contribution < -0.4 is 5.32 Å². The van der Waals surface area contributed by atoms with Crippen LogP contribution in [0, 0.1) is 5.82 Å². The third kappa shape index (κ3) is 4.80. The van der Waals surface area contributed by atoms with Gasteiger partial charge in [-0.05, 0) is 18.2 Å². The summed E-state index contributed by atoms with van der Waals surface area (Å²) in [5.41, 5.74) is 0.813. The van der Waals surface area contributed by atoms with Gasteiger partial charge < -0.3 is 10.2 Å². The molecule has 0 aliphatic carbocycles. The number of carbonyl (C=O) groups is 2. The molecular weight excluding hydrogens is 331 g/mol. The summed E-state index contributed by atoms with van der Waals surface area (Å²) in [6, 6.07) is 13.0. The Morgan fingerprint density at radius 3 is 2.46 bits per heavy atom. The fourth-order valence-electron chi connectivity index (χ4n) is 2.23. The number of nitrogens with zero attached hydrogens (tertiary/aromatic N) is 1. The van der Waals surface area contributed by atoms with Crippen molar-refractivity contribution in [1.29, 1.82) is 0 Å². The lowest BCUT2D eigenvalue weighted by atomic mass is 10.2. The first-order valence-electron chi connectivity index (χ1n) is 7.50. The maximum atomic E-state index is 13.7. The smallest absolute Gasteiger partial charge is 0.252 e. The molecule has 1 N–H and O–H groups in total. The minimum absolute atomic E-state index is 0.157. The highest BCUT2D eigenvalue weighted by Gasteiger charge is 2.13. The molecule has 24 heavy (non-hydrogen) atoms. The van der Waals surface area contributed by atoms with Crippen LogP contribution in [0.25, 0.3) is 0 Å². The number of hydrogen-bond donors (Lipinski definition) is 1. The minimum atomic E-state index is -0.358. The first-order chi connectivity index (χ1) is 11.5. The third-order valence-corrected chi connectivity index (χ3v) is 3.88. The van der Waals surface area contributed by atoms with Crippen molar-refractivity contribution >= 4 is 23.4 Å². The Morgan fingerprint density at radius 2 is 1.79 bits per heavy atom. The van der Waals surface area contributed by atoms with Crippen molar-refractivity contribution in [3.05, 3.63) is 70.5 Å². The monoisotopic (exact) mass is 348 g/mol. The van der Waals surface area contributed by atoms with Crippen molar-refractivity contribution in [3.63, 3.8) is 0 Å². The van der Waals surface area contributed by atoms with Crippen molar-refractivity contribution in [2.24, 2.45) is 0 Å². The second kappa shape index (κ2) is 8.45. The van der Waals surface area contributed by atoms with E-state index in [1.807, 2.05) is 0 Å². The largest absolute Gasteiger partial charge is 0.350 e. The number of nitrogens with one attached hydrogen (secondary N) is 1. The molecule has 0 aliphatic heterocycles. The van der Waals surface area contributed by atoms with Crippen LogP contribution in [0.3, 0.4) is 0 Å². The summed E-state index contributed by atoms with van der Waals surface area (Å²) in [7, 11) is 0. The van der Waals surface area contributed by atoms with E-state index in [4.69, 9.17) is 11.6 Å². The quantitative estimate of drug-likeness (QED) is 0.871. The summed E-state index contributed by atoms with van der Waals surface area (Å²) < 4.78 is 13.7. The van der Waals surface area contributed by atoms with E-state index in [1.165, 1.54) is 17.9 Å².